The van der Waals surface area contributed by atoms with Crippen LogP contribution >= 0.6 is 11.8 Å². The van der Waals surface area contributed by atoms with Crippen LogP contribution in [0.2, 0.25) is 0 Å². The molecule has 134 valence electrons. The minimum absolute atomic E-state index is 0.0948. The normalized spacial score (nSPS) is 11.8. The van der Waals surface area contributed by atoms with Crippen LogP contribution in [0.25, 0.3) is 28.1 Å². The van der Waals surface area contributed by atoms with Gasteiger partial charge in [0.25, 0.3) is 0 Å². The fourth-order valence-corrected chi connectivity index (χ4v) is 3.33. The van der Waals surface area contributed by atoms with Crippen LogP contribution in [0.3, 0.4) is 0 Å². The molecule has 0 spiro atoms. The number of aromatic amines is 1. The number of thioether (sulfide) groups is 1. The molecule has 0 amide bonds. The topological polar surface area (TPSA) is 101 Å². The third kappa shape index (κ3) is 3.47. The molecule has 0 aliphatic heterocycles. The second kappa shape index (κ2) is 7.08. The number of carboxylic acids is 1. The van der Waals surface area contributed by atoms with E-state index < -0.39 is 5.97 Å². The summed E-state index contributed by atoms with van der Waals surface area (Å²) in [5, 5.41) is 19.0. The number of ether oxygens (including phenoxy) is 1. The molecule has 27 heavy (non-hydrogen) atoms. The van der Waals surface area contributed by atoms with Crippen LogP contribution in [0, 0.1) is 0 Å². The Kier molecular flexibility index (Phi) is 4.47. The average molecular weight is 378 g/mol. The van der Waals surface area contributed by atoms with Crippen molar-refractivity contribution in [1.29, 1.82) is 0 Å². The summed E-state index contributed by atoms with van der Waals surface area (Å²) in [6, 6.07) is 14.8. The quantitative estimate of drug-likeness (QED) is 0.403. The molecule has 0 bridgehead atoms. The summed E-state index contributed by atoms with van der Waals surface area (Å²) in [5.41, 5.74) is 2.87. The number of H-pyrrole nitrogens is 1. The highest BCUT2D eigenvalue weighted by Crippen LogP contribution is 2.28. The van der Waals surface area contributed by atoms with Crippen molar-refractivity contribution in [2.75, 3.05) is 7.11 Å². The molecule has 0 aliphatic rings. The van der Waals surface area contributed by atoms with Crippen molar-refractivity contribution in [2.24, 2.45) is 0 Å². The molecule has 0 radical (unpaired) electrons. The first-order valence-electron chi connectivity index (χ1n) is 8.02. The number of rotatable bonds is 5. The number of nitrogens with zero attached hydrogens (tertiary/aromatic N) is 3. The lowest BCUT2D eigenvalue weighted by atomic mass is 10.2. The Balaban J connectivity index is 1.67. The van der Waals surface area contributed by atoms with Gasteiger partial charge in [0.05, 0.1) is 7.11 Å². The van der Waals surface area contributed by atoms with E-state index in [9.17, 15) is 9.90 Å². The number of benzene rings is 2. The molecule has 0 atom stereocenters. The van der Waals surface area contributed by atoms with Gasteiger partial charge >= 0.3 is 5.97 Å². The van der Waals surface area contributed by atoms with Gasteiger partial charge in [0.15, 0.2) is 5.65 Å². The zero-order chi connectivity index (χ0) is 18.8. The lowest BCUT2D eigenvalue weighted by molar-refractivity contribution is -0.131. The summed E-state index contributed by atoms with van der Waals surface area (Å²) >= 11 is 0.952. The molecular weight excluding hydrogens is 364 g/mol. The summed E-state index contributed by atoms with van der Waals surface area (Å²) in [6.45, 7) is 0. The third-order valence-corrected chi connectivity index (χ3v) is 4.80. The highest BCUT2D eigenvalue weighted by molar-refractivity contribution is 8.04. The van der Waals surface area contributed by atoms with E-state index in [1.165, 1.54) is 0 Å². The lowest BCUT2D eigenvalue weighted by Crippen LogP contribution is -1.99. The number of aliphatic carboxylic acids is 1. The van der Waals surface area contributed by atoms with Gasteiger partial charge in [0, 0.05) is 10.9 Å². The minimum atomic E-state index is -1.06. The molecule has 8 heteroatoms. The molecular formula is C19H14N4O3S. The molecule has 7 nitrogen and oxygen atoms in total. The molecule has 0 fully saturated rings. The van der Waals surface area contributed by atoms with Gasteiger partial charge in [-0.1, -0.05) is 30.3 Å². The molecule has 2 heterocycles. The fourth-order valence-electron chi connectivity index (χ4n) is 2.63. The highest BCUT2D eigenvalue weighted by atomic mass is 32.2. The van der Waals surface area contributed by atoms with E-state index in [2.05, 4.69) is 20.2 Å². The standard InChI is InChI=1S/C19H14N4O3S/c1-26-12-8-6-11(7-9-12)10-15(18(24)25)27-19-21-17-16(22-23-19)13-4-2-3-5-14(13)20-17/h2-10H,1H3,(H,24,25)(H,20,21,23). The number of hydrogen-bond acceptors (Lipinski definition) is 6. The van der Waals surface area contributed by atoms with E-state index >= 15 is 0 Å². The summed E-state index contributed by atoms with van der Waals surface area (Å²) in [4.78, 5) is 19.3. The number of fused-ring (bicyclic) bond motifs is 3. The van der Waals surface area contributed by atoms with Crippen molar-refractivity contribution in [3.8, 4) is 5.75 Å². The molecule has 0 unspecified atom stereocenters. The predicted octanol–water partition coefficient (Wildman–Crippen LogP) is 3.73. The van der Waals surface area contributed by atoms with Crippen LogP contribution in [-0.4, -0.2) is 38.4 Å². The summed E-state index contributed by atoms with van der Waals surface area (Å²) in [5.74, 6) is -0.357. The zero-order valence-corrected chi connectivity index (χ0v) is 15.0. The Morgan fingerprint density at radius 2 is 1.93 bits per heavy atom. The van der Waals surface area contributed by atoms with Gasteiger partial charge in [-0.2, -0.15) is 0 Å². The van der Waals surface area contributed by atoms with E-state index in [-0.39, 0.29) is 10.1 Å². The Morgan fingerprint density at radius 1 is 1.15 bits per heavy atom. The molecule has 4 aromatic rings. The van der Waals surface area contributed by atoms with Crippen LogP contribution in [-0.2, 0) is 4.79 Å². The Bertz CT molecular complexity index is 1170. The van der Waals surface area contributed by atoms with Gasteiger partial charge in [-0.3, -0.25) is 0 Å². The van der Waals surface area contributed by atoms with Gasteiger partial charge in [-0.25, -0.2) is 9.78 Å². The lowest BCUT2D eigenvalue weighted by Gasteiger charge is -2.03. The van der Waals surface area contributed by atoms with E-state index in [1.54, 1.807) is 37.5 Å². The van der Waals surface area contributed by atoms with Crippen molar-refractivity contribution >= 4 is 45.9 Å². The molecule has 4 rings (SSSR count). The second-order valence-corrected chi connectivity index (χ2v) is 6.66. The first-order chi connectivity index (χ1) is 13.1. The number of nitrogens with one attached hydrogen (secondary N) is 1. The number of carbonyl (C=O) groups is 1. The summed E-state index contributed by atoms with van der Waals surface area (Å²) < 4.78 is 5.11. The number of carboxylic acid groups (broad SMARTS) is 1. The van der Waals surface area contributed by atoms with Gasteiger partial charge in [-0.05, 0) is 41.6 Å². The zero-order valence-electron chi connectivity index (χ0n) is 14.2. The minimum Gasteiger partial charge on any atom is -0.497 e. The molecule has 2 aromatic heterocycles. The maximum atomic E-state index is 11.6. The van der Waals surface area contributed by atoms with Crippen molar-refractivity contribution in [1.82, 2.24) is 20.2 Å². The number of methoxy groups -OCH3 is 1. The molecule has 2 aromatic carbocycles. The predicted molar refractivity (Wildman–Crippen MR) is 104 cm³/mol. The first kappa shape index (κ1) is 17.0. The summed E-state index contributed by atoms with van der Waals surface area (Å²) in [7, 11) is 1.58. The SMILES string of the molecule is COc1ccc(C=C(Sc2nnc3c(n2)[nH]c2ccccc23)C(=O)O)cc1. The van der Waals surface area contributed by atoms with Crippen molar-refractivity contribution in [3.63, 3.8) is 0 Å². The van der Waals surface area contributed by atoms with Gasteiger partial charge in [0.1, 0.15) is 16.2 Å². The number of aromatic nitrogens is 4. The third-order valence-electron chi connectivity index (χ3n) is 3.93. The van der Waals surface area contributed by atoms with Crippen molar-refractivity contribution in [2.45, 2.75) is 5.16 Å². The van der Waals surface area contributed by atoms with Crippen LogP contribution in [0.4, 0.5) is 0 Å². The number of hydrogen-bond donors (Lipinski definition) is 2. The monoisotopic (exact) mass is 378 g/mol. The number of para-hydroxylation sites is 1. The molecule has 2 N–H and O–H groups in total. The molecule has 0 aliphatic carbocycles. The van der Waals surface area contributed by atoms with Crippen molar-refractivity contribution < 1.29 is 14.6 Å². The maximum Gasteiger partial charge on any atom is 0.342 e. The van der Waals surface area contributed by atoms with Crippen LogP contribution in [0.1, 0.15) is 5.56 Å². The van der Waals surface area contributed by atoms with Crippen LogP contribution in [0.5, 0.6) is 5.75 Å². The highest BCUT2D eigenvalue weighted by Gasteiger charge is 2.15. The van der Waals surface area contributed by atoms with E-state index in [0.717, 1.165) is 28.2 Å². The average Bonchev–Trinajstić information content (AvgIpc) is 3.05. The van der Waals surface area contributed by atoms with Crippen LogP contribution in [0.15, 0.2) is 58.6 Å². The fraction of sp³-hybridized carbons (Fsp3) is 0.0526. The largest absolute Gasteiger partial charge is 0.497 e. The Morgan fingerprint density at radius 3 is 2.67 bits per heavy atom. The van der Waals surface area contributed by atoms with E-state index in [0.29, 0.717) is 16.9 Å². The summed E-state index contributed by atoms with van der Waals surface area (Å²) in [6.07, 6.45) is 1.56. The van der Waals surface area contributed by atoms with E-state index in [4.69, 9.17) is 4.74 Å². The first-order valence-corrected chi connectivity index (χ1v) is 8.84. The van der Waals surface area contributed by atoms with Gasteiger partial charge < -0.3 is 14.8 Å². The molecule has 0 saturated carbocycles. The Hall–Kier alpha value is -3.39. The van der Waals surface area contributed by atoms with E-state index in [1.807, 2.05) is 24.3 Å². The van der Waals surface area contributed by atoms with Crippen molar-refractivity contribution in [3.05, 3.63) is 59.0 Å². The second-order valence-electron chi connectivity index (χ2n) is 5.65. The smallest absolute Gasteiger partial charge is 0.342 e. The molecule has 0 saturated heterocycles. The maximum absolute atomic E-state index is 11.6. The Labute approximate surface area is 158 Å². The van der Waals surface area contributed by atoms with Crippen LogP contribution < -0.4 is 4.74 Å². The van der Waals surface area contributed by atoms with Gasteiger partial charge in [-0.15, -0.1) is 10.2 Å². The van der Waals surface area contributed by atoms with Gasteiger partial charge in [0.2, 0.25) is 5.16 Å².